The van der Waals surface area contributed by atoms with Gasteiger partial charge in [-0.2, -0.15) is 0 Å². The molecule has 0 aliphatic carbocycles. The Morgan fingerprint density at radius 1 is 1.30 bits per heavy atom. The molecule has 1 aromatic heterocycles. The minimum absolute atomic E-state index is 0.358. The number of aromatic nitrogens is 2. The SMILES string of the molecule is COc1ncnc2ccc(C=C3SC(=O)NC3=O)cc12. The molecule has 20 heavy (non-hydrogen) atoms. The number of thioether (sulfide) groups is 1. The van der Waals surface area contributed by atoms with Gasteiger partial charge in [0.15, 0.2) is 0 Å². The Labute approximate surface area is 118 Å². The van der Waals surface area contributed by atoms with Gasteiger partial charge in [0.1, 0.15) is 6.33 Å². The number of rotatable bonds is 2. The van der Waals surface area contributed by atoms with E-state index in [1.54, 1.807) is 6.08 Å². The highest BCUT2D eigenvalue weighted by Gasteiger charge is 2.24. The van der Waals surface area contributed by atoms with Crippen LogP contribution < -0.4 is 10.1 Å². The smallest absolute Gasteiger partial charge is 0.290 e. The maximum atomic E-state index is 11.5. The molecule has 2 amide bonds. The molecule has 1 aliphatic rings. The summed E-state index contributed by atoms with van der Waals surface area (Å²) in [5.41, 5.74) is 1.52. The molecule has 1 aliphatic heterocycles. The van der Waals surface area contributed by atoms with Crippen LogP contribution in [0.3, 0.4) is 0 Å². The lowest BCUT2D eigenvalue weighted by molar-refractivity contribution is -0.115. The van der Waals surface area contributed by atoms with E-state index in [0.717, 1.165) is 28.2 Å². The van der Waals surface area contributed by atoms with Crippen LogP contribution in [0.2, 0.25) is 0 Å². The molecule has 0 atom stereocenters. The van der Waals surface area contributed by atoms with Crippen molar-refractivity contribution in [3.8, 4) is 5.88 Å². The summed E-state index contributed by atoms with van der Waals surface area (Å²) >= 11 is 0.883. The molecule has 3 rings (SSSR count). The second-order valence-corrected chi connectivity index (χ2v) is 5.03. The molecule has 100 valence electrons. The van der Waals surface area contributed by atoms with Crippen LogP contribution in [0.5, 0.6) is 5.88 Å². The van der Waals surface area contributed by atoms with Crippen LogP contribution in [0.25, 0.3) is 17.0 Å². The number of ether oxygens (including phenoxy) is 1. The summed E-state index contributed by atoms with van der Waals surface area (Å²) in [7, 11) is 1.53. The molecule has 0 spiro atoms. The molecule has 1 saturated heterocycles. The van der Waals surface area contributed by atoms with E-state index in [0.29, 0.717) is 10.8 Å². The standard InChI is InChI=1S/C13H9N3O3S/c1-19-12-8-4-7(2-3-9(8)14-6-15-12)5-10-11(17)16-13(18)20-10/h2-6H,1H3,(H,16,17,18). The van der Waals surface area contributed by atoms with Crippen molar-refractivity contribution < 1.29 is 14.3 Å². The fourth-order valence-corrected chi connectivity index (χ4v) is 2.56. The highest BCUT2D eigenvalue weighted by Crippen LogP contribution is 2.28. The molecular formula is C13H9N3O3S. The van der Waals surface area contributed by atoms with Crippen LogP contribution in [0.15, 0.2) is 29.4 Å². The first-order valence-electron chi connectivity index (χ1n) is 5.71. The number of nitrogens with zero attached hydrogens (tertiary/aromatic N) is 2. The number of amides is 2. The molecule has 0 bridgehead atoms. The Hall–Kier alpha value is -2.41. The van der Waals surface area contributed by atoms with Gasteiger partial charge < -0.3 is 4.74 Å². The first-order valence-corrected chi connectivity index (χ1v) is 6.52. The number of hydrogen-bond donors (Lipinski definition) is 1. The summed E-state index contributed by atoms with van der Waals surface area (Å²) < 4.78 is 5.18. The maximum Gasteiger partial charge on any atom is 0.290 e. The molecule has 7 heteroatoms. The van der Waals surface area contributed by atoms with E-state index in [-0.39, 0.29) is 11.1 Å². The van der Waals surface area contributed by atoms with Gasteiger partial charge in [-0.15, -0.1) is 0 Å². The molecule has 0 radical (unpaired) electrons. The van der Waals surface area contributed by atoms with Gasteiger partial charge in [0.05, 0.1) is 22.9 Å². The van der Waals surface area contributed by atoms with E-state index in [9.17, 15) is 9.59 Å². The lowest BCUT2D eigenvalue weighted by Crippen LogP contribution is -2.17. The predicted molar refractivity (Wildman–Crippen MR) is 75.2 cm³/mol. The first kappa shape index (κ1) is 12.6. The van der Waals surface area contributed by atoms with E-state index in [1.165, 1.54) is 13.4 Å². The Kier molecular flexibility index (Phi) is 3.11. The Balaban J connectivity index is 2.07. The molecule has 2 heterocycles. The van der Waals surface area contributed by atoms with Crippen molar-refractivity contribution >= 4 is 39.9 Å². The van der Waals surface area contributed by atoms with E-state index in [2.05, 4.69) is 15.3 Å². The molecule has 0 unspecified atom stereocenters. The fraction of sp³-hybridized carbons (Fsp3) is 0.0769. The Morgan fingerprint density at radius 3 is 2.85 bits per heavy atom. The third-order valence-corrected chi connectivity index (χ3v) is 3.57. The van der Waals surface area contributed by atoms with Gasteiger partial charge in [-0.25, -0.2) is 9.97 Å². The zero-order valence-electron chi connectivity index (χ0n) is 10.4. The average Bonchev–Trinajstić information content (AvgIpc) is 2.76. The van der Waals surface area contributed by atoms with Crippen LogP contribution in [0.1, 0.15) is 5.56 Å². The van der Waals surface area contributed by atoms with Crippen molar-refractivity contribution in [2.45, 2.75) is 0 Å². The third kappa shape index (κ3) is 2.23. The second-order valence-electron chi connectivity index (χ2n) is 4.01. The monoisotopic (exact) mass is 287 g/mol. The molecule has 1 aromatic carbocycles. The lowest BCUT2D eigenvalue weighted by atomic mass is 10.1. The minimum Gasteiger partial charge on any atom is -0.480 e. The number of carbonyl (C=O) groups excluding carboxylic acids is 2. The topological polar surface area (TPSA) is 81.2 Å². The number of carbonyl (C=O) groups is 2. The van der Waals surface area contributed by atoms with Gasteiger partial charge in [-0.1, -0.05) is 6.07 Å². The maximum absolute atomic E-state index is 11.5. The minimum atomic E-state index is -0.378. The van der Waals surface area contributed by atoms with Crippen LogP contribution in [0, 0.1) is 0 Å². The second kappa shape index (κ2) is 4.93. The zero-order valence-corrected chi connectivity index (χ0v) is 11.2. The van der Waals surface area contributed by atoms with E-state index in [4.69, 9.17) is 4.74 Å². The fourth-order valence-electron chi connectivity index (χ4n) is 1.88. The van der Waals surface area contributed by atoms with Crippen molar-refractivity contribution in [3.05, 3.63) is 35.0 Å². The van der Waals surface area contributed by atoms with E-state index < -0.39 is 0 Å². The van der Waals surface area contributed by atoms with Crippen LogP contribution in [-0.4, -0.2) is 28.2 Å². The Bertz CT molecular complexity index is 758. The molecule has 0 saturated carbocycles. The van der Waals surface area contributed by atoms with Crippen molar-refractivity contribution in [2.24, 2.45) is 0 Å². The number of hydrogen-bond acceptors (Lipinski definition) is 6. The van der Waals surface area contributed by atoms with Gasteiger partial charge in [-0.05, 0) is 35.5 Å². The summed E-state index contributed by atoms with van der Waals surface area (Å²) in [6, 6.07) is 5.45. The van der Waals surface area contributed by atoms with Gasteiger partial charge in [0, 0.05) is 0 Å². The van der Waals surface area contributed by atoms with Crippen molar-refractivity contribution in [2.75, 3.05) is 7.11 Å². The zero-order chi connectivity index (χ0) is 14.1. The number of benzene rings is 1. The van der Waals surface area contributed by atoms with Gasteiger partial charge >= 0.3 is 0 Å². The summed E-state index contributed by atoms with van der Waals surface area (Å²) in [6.45, 7) is 0. The summed E-state index contributed by atoms with van der Waals surface area (Å²) in [4.78, 5) is 31.2. The number of imide groups is 1. The summed E-state index contributed by atoms with van der Waals surface area (Å²) in [5, 5.41) is 2.61. The lowest BCUT2D eigenvalue weighted by Gasteiger charge is -2.04. The normalized spacial score (nSPS) is 16.8. The third-order valence-electron chi connectivity index (χ3n) is 2.76. The highest BCUT2D eigenvalue weighted by atomic mass is 32.2. The Morgan fingerprint density at radius 2 is 2.15 bits per heavy atom. The molecule has 1 N–H and O–H groups in total. The quantitative estimate of drug-likeness (QED) is 0.850. The van der Waals surface area contributed by atoms with Crippen LogP contribution in [0.4, 0.5) is 4.79 Å². The van der Waals surface area contributed by atoms with Crippen LogP contribution >= 0.6 is 11.8 Å². The first-order chi connectivity index (χ1) is 9.67. The molecule has 1 fully saturated rings. The molecule has 2 aromatic rings. The predicted octanol–water partition coefficient (Wildman–Crippen LogP) is 1.96. The average molecular weight is 287 g/mol. The molecular weight excluding hydrogens is 278 g/mol. The van der Waals surface area contributed by atoms with E-state index in [1.807, 2.05) is 18.2 Å². The largest absolute Gasteiger partial charge is 0.480 e. The van der Waals surface area contributed by atoms with Crippen LogP contribution in [-0.2, 0) is 4.79 Å². The summed E-state index contributed by atoms with van der Waals surface area (Å²) in [5.74, 6) is 0.0891. The van der Waals surface area contributed by atoms with Gasteiger partial charge in [0.2, 0.25) is 5.88 Å². The summed E-state index contributed by atoms with van der Waals surface area (Å²) in [6.07, 6.45) is 3.08. The van der Waals surface area contributed by atoms with E-state index >= 15 is 0 Å². The van der Waals surface area contributed by atoms with Gasteiger partial charge in [-0.3, -0.25) is 14.9 Å². The highest BCUT2D eigenvalue weighted by molar-refractivity contribution is 8.18. The van der Waals surface area contributed by atoms with Gasteiger partial charge in [0.25, 0.3) is 11.1 Å². The number of fused-ring (bicyclic) bond motifs is 1. The molecule has 6 nitrogen and oxygen atoms in total. The van der Waals surface area contributed by atoms with Crippen molar-refractivity contribution in [1.82, 2.24) is 15.3 Å². The van der Waals surface area contributed by atoms with Crippen molar-refractivity contribution in [1.29, 1.82) is 0 Å². The number of nitrogens with one attached hydrogen (secondary N) is 1. The van der Waals surface area contributed by atoms with Crippen molar-refractivity contribution in [3.63, 3.8) is 0 Å². The number of methoxy groups -OCH3 is 1.